The van der Waals surface area contributed by atoms with E-state index in [1.54, 1.807) is 0 Å². The highest BCUT2D eigenvalue weighted by molar-refractivity contribution is 6.08. The third kappa shape index (κ3) is 6.50. The van der Waals surface area contributed by atoms with Crippen molar-refractivity contribution in [1.82, 2.24) is 0 Å². The Hall–Kier alpha value is -6.46. The predicted octanol–water partition coefficient (Wildman–Crippen LogP) is 13.5. The Bertz CT molecular complexity index is 2390. The highest BCUT2D eigenvalue weighted by Gasteiger charge is 2.20. The molecule has 0 aromatic heterocycles. The summed E-state index contributed by atoms with van der Waals surface area (Å²) < 4.78 is 57.6. The van der Waals surface area contributed by atoms with Crippen LogP contribution in [0.3, 0.4) is 0 Å². The second kappa shape index (κ2) is 13.4. The monoisotopic (exact) mass is 671 g/mol. The molecule has 0 saturated heterocycles. The quantitative estimate of drug-likeness (QED) is 0.152. The first kappa shape index (κ1) is 31.8. The van der Waals surface area contributed by atoms with Crippen LogP contribution in [0.4, 0.5) is 34.6 Å². The van der Waals surface area contributed by atoms with Gasteiger partial charge in [0.25, 0.3) is 0 Å². The van der Waals surface area contributed by atoms with Crippen LogP contribution in [0.2, 0.25) is 0 Å². The smallest absolute Gasteiger partial charge is 0.126 e. The van der Waals surface area contributed by atoms with Crippen LogP contribution in [0.15, 0.2) is 176 Å². The maximum Gasteiger partial charge on any atom is 0.126 e. The summed E-state index contributed by atoms with van der Waals surface area (Å²) in [6.07, 6.45) is 0. The molecule has 0 bridgehead atoms. The van der Waals surface area contributed by atoms with Crippen LogP contribution in [0.5, 0.6) is 0 Å². The van der Waals surface area contributed by atoms with Crippen molar-refractivity contribution in [2.24, 2.45) is 0 Å². The van der Waals surface area contributed by atoms with Gasteiger partial charge in [-0.25, -0.2) is 17.6 Å². The van der Waals surface area contributed by atoms with Crippen molar-refractivity contribution in [1.29, 1.82) is 0 Å². The standard InChI is InChI=1S/C46H29F4N/c47-37-20-34(21-38(48)28-37)32-14-7-16-41(24-32)51(42-17-8-15-33(25-42)35-22-39(49)29-40(50)23-35)46-19-9-18-43-44(31-12-5-2-6-13-31)26-36(27-45(43)46)30-10-3-1-4-11-30/h1-29H. The van der Waals surface area contributed by atoms with Gasteiger partial charge in [-0.05, 0) is 117 Å². The normalized spacial score (nSPS) is 11.1. The fraction of sp³-hybridized carbons (Fsp3) is 0. The van der Waals surface area contributed by atoms with Crippen molar-refractivity contribution in [2.75, 3.05) is 4.90 Å². The lowest BCUT2D eigenvalue weighted by Gasteiger charge is -2.28. The Morgan fingerprint density at radius 3 is 1.27 bits per heavy atom. The molecule has 0 radical (unpaired) electrons. The van der Waals surface area contributed by atoms with Crippen molar-refractivity contribution in [3.05, 3.63) is 199 Å². The second-order valence-electron chi connectivity index (χ2n) is 12.4. The average Bonchev–Trinajstić information content (AvgIpc) is 3.15. The molecular weight excluding hydrogens is 643 g/mol. The zero-order valence-electron chi connectivity index (χ0n) is 27.2. The minimum absolute atomic E-state index is 0.397. The fourth-order valence-electron chi connectivity index (χ4n) is 6.74. The van der Waals surface area contributed by atoms with Gasteiger partial charge in [0.15, 0.2) is 0 Å². The molecule has 0 fully saturated rings. The lowest BCUT2D eigenvalue weighted by Crippen LogP contribution is -2.11. The Kier molecular flexibility index (Phi) is 8.38. The van der Waals surface area contributed by atoms with Gasteiger partial charge in [-0.2, -0.15) is 0 Å². The maximum absolute atomic E-state index is 14.4. The molecule has 0 aliphatic carbocycles. The molecule has 0 N–H and O–H groups in total. The second-order valence-corrected chi connectivity index (χ2v) is 12.4. The molecular formula is C46H29F4N. The van der Waals surface area contributed by atoms with E-state index in [0.717, 1.165) is 62.2 Å². The zero-order chi connectivity index (χ0) is 34.9. The van der Waals surface area contributed by atoms with Gasteiger partial charge in [-0.1, -0.05) is 97.1 Å². The van der Waals surface area contributed by atoms with Gasteiger partial charge in [-0.3, -0.25) is 0 Å². The van der Waals surface area contributed by atoms with Gasteiger partial charge in [0, 0.05) is 28.9 Å². The number of anilines is 3. The number of hydrogen-bond acceptors (Lipinski definition) is 1. The Balaban J connectivity index is 1.40. The van der Waals surface area contributed by atoms with E-state index in [1.807, 2.05) is 97.1 Å². The molecule has 0 spiro atoms. The number of rotatable bonds is 7. The Labute approximate surface area is 293 Å². The molecule has 51 heavy (non-hydrogen) atoms. The molecule has 0 amide bonds. The minimum Gasteiger partial charge on any atom is -0.310 e. The third-order valence-electron chi connectivity index (χ3n) is 9.01. The van der Waals surface area contributed by atoms with Gasteiger partial charge >= 0.3 is 0 Å². The van der Waals surface area contributed by atoms with Crippen LogP contribution in [0.1, 0.15) is 0 Å². The Morgan fingerprint density at radius 2 is 0.745 bits per heavy atom. The molecule has 8 aromatic rings. The van der Waals surface area contributed by atoms with Crippen LogP contribution >= 0.6 is 0 Å². The average molecular weight is 672 g/mol. The summed E-state index contributed by atoms with van der Waals surface area (Å²) in [6.45, 7) is 0. The fourth-order valence-corrected chi connectivity index (χ4v) is 6.74. The molecule has 5 heteroatoms. The van der Waals surface area contributed by atoms with Crippen molar-refractivity contribution in [2.45, 2.75) is 0 Å². The Morgan fingerprint density at radius 1 is 0.294 bits per heavy atom. The van der Waals surface area contributed by atoms with E-state index in [-0.39, 0.29) is 0 Å². The first-order valence-corrected chi connectivity index (χ1v) is 16.5. The largest absolute Gasteiger partial charge is 0.310 e. The zero-order valence-corrected chi connectivity index (χ0v) is 27.2. The van der Waals surface area contributed by atoms with E-state index in [4.69, 9.17) is 0 Å². The number of nitrogens with zero attached hydrogens (tertiary/aromatic N) is 1. The molecule has 0 aliphatic rings. The van der Waals surface area contributed by atoms with E-state index < -0.39 is 23.3 Å². The van der Waals surface area contributed by atoms with Crippen molar-refractivity contribution in [3.63, 3.8) is 0 Å². The predicted molar refractivity (Wildman–Crippen MR) is 200 cm³/mol. The molecule has 1 nitrogen and oxygen atoms in total. The van der Waals surface area contributed by atoms with Crippen molar-refractivity contribution >= 4 is 27.8 Å². The van der Waals surface area contributed by atoms with E-state index in [1.165, 1.54) is 24.3 Å². The first-order chi connectivity index (χ1) is 24.9. The number of benzene rings is 8. The number of fused-ring (bicyclic) bond motifs is 1. The van der Waals surface area contributed by atoms with Gasteiger partial charge in [0.2, 0.25) is 0 Å². The maximum atomic E-state index is 14.4. The highest BCUT2D eigenvalue weighted by Crippen LogP contribution is 2.44. The number of hydrogen-bond donors (Lipinski definition) is 0. The summed E-state index contributed by atoms with van der Waals surface area (Å²) in [5.74, 6) is -2.67. The first-order valence-electron chi connectivity index (χ1n) is 16.5. The van der Waals surface area contributed by atoms with Crippen LogP contribution in [0, 0.1) is 23.3 Å². The summed E-state index contributed by atoms with van der Waals surface area (Å²) in [6, 6.07) is 52.9. The molecule has 0 aliphatic heterocycles. The van der Waals surface area contributed by atoms with Gasteiger partial charge in [0.05, 0.1) is 5.69 Å². The lowest BCUT2D eigenvalue weighted by atomic mass is 9.92. The number of halogens is 4. The van der Waals surface area contributed by atoms with E-state index in [9.17, 15) is 17.6 Å². The SMILES string of the molecule is Fc1cc(F)cc(-c2cccc(N(c3cccc(-c4cc(F)cc(F)c4)c3)c3cccc4c(-c5ccccc5)cc(-c5ccccc5)cc34)c2)c1. The van der Waals surface area contributed by atoms with Gasteiger partial charge < -0.3 is 4.90 Å². The molecule has 0 atom stereocenters. The summed E-state index contributed by atoms with van der Waals surface area (Å²) >= 11 is 0. The summed E-state index contributed by atoms with van der Waals surface area (Å²) in [5, 5.41) is 1.98. The molecule has 0 saturated carbocycles. The molecule has 246 valence electrons. The molecule has 0 unspecified atom stereocenters. The van der Waals surface area contributed by atoms with Crippen LogP contribution < -0.4 is 4.90 Å². The van der Waals surface area contributed by atoms with Crippen molar-refractivity contribution < 1.29 is 17.6 Å². The van der Waals surface area contributed by atoms with Crippen LogP contribution in [-0.2, 0) is 0 Å². The van der Waals surface area contributed by atoms with E-state index >= 15 is 0 Å². The van der Waals surface area contributed by atoms with Crippen molar-refractivity contribution in [3.8, 4) is 44.5 Å². The van der Waals surface area contributed by atoms with Crippen LogP contribution in [0.25, 0.3) is 55.3 Å². The van der Waals surface area contributed by atoms with E-state index in [0.29, 0.717) is 22.3 Å². The lowest BCUT2D eigenvalue weighted by molar-refractivity contribution is 0.583. The molecule has 8 rings (SSSR count). The highest BCUT2D eigenvalue weighted by atomic mass is 19.1. The molecule has 8 aromatic carbocycles. The summed E-state index contributed by atoms with van der Waals surface area (Å²) in [4.78, 5) is 2.07. The van der Waals surface area contributed by atoms with E-state index in [2.05, 4.69) is 47.4 Å². The van der Waals surface area contributed by atoms with Crippen LogP contribution in [-0.4, -0.2) is 0 Å². The summed E-state index contributed by atoms with van der Waals surface area (Å²) in [5.41, 5.74) is 8.53. The van der Waals surface area contributed by atoms with Gasteiger partial charge in [0.1, 0.15) is 23.3 Å². The summed E-state index contributed by atoms with van der Waals surface area (Å²) in [7, 11) is 0. The molecule has 0 heterocycles. The third-order valence-corrected chi connectivity index (χ3v) is 9.01. The topological polar surface area (TPSA) is 3.24 Å². The minimum atomic E-state index is -0.668. The van der Waals surface area contributed by atoms with Gasteiger partial charge in [-0.15, -0.1) is 0 Å².